The minimum Gasteiger partial charge on any atom is -0.492 e. The van der Waals surface area contributed by atoms with E-state index in [9.17, 15) is 0 Å². The molecule has 3 N–H and O–H groups in total. The predicted molar refractivity (Wildman–Crippen MR) is 61.5 cm³/mol. The van der Waals surface area contributed by atoms with Gasteiger partial charge in [0.25, 0.3) is 0 Å². The van der Waals surface area contributed by atoms with Crippen molar-refractivity contribution < 1.29 is 4.74 Å². The molecule has 0 spiro atoms. The van der Waals surface area contributed by atoms with Crippen LogP contribution >= 0.6 is 12.2 Å². The third kappa shape index (κ3) is 4.09. The molecular formula is C10H14N2OS. The Balaban J connectivity index is 2.25. The van der Waals surface area contributed by atoms with E-state index >= 15 is 0 Å². The lowest BCUT2D eigenvalue weighted by Crippen LogP contribution is -2.32. The van der Waals surface area contributed by atoms with Gasteiger partial charge in [0.1, 0.15) is 12.4 Å². The highest BCUT2D eigenvalue weighted by molar-refractivity contribution is 7.80. The van der Waals surface area contributed by atoms with E-state index in [1.807, 2.05) is 31.2 Å². The SMILES string of the molecule is Cc1ccc(OCCNC(N)=S)cc1. The van der Waals surface area contributed by atoms with E-state index in [4.69, 9.17) is 10.5 Å². The van der Waals surface area contributed by atoms with E-state index in [1.165, 1.54) is 5.56 Å². The maximum Gasteiger partial charge on any atom is 0.163 e. The molecule has 1 rings (SSSR count). The first kappa shape index (κ1) is 10.8. The number of hydrogen-bond acceptors (Lipinski definition) is 2. The summed E-state index contributed by atoms with van der Waals surface area (Å²) in [7, 11) is 0. The fourth-order valence-corrected chi connectivity index (χ4v) is 1.08. The molecule has 0 aliphatic heterocycles. The second kappa shape index (κ2) is 5.44. The summed E-state index contributed by atoms with van der Waals surface area (Å²) in [5, 5.41) is 3.11. The summed E-state index contributed by atoms with van der Waals surface area (Å²) < 4.78 is 5.43. The third-order valence-electron chi connectivity index (χ3n) is 1.69. The summed E-state index contributed by atoms with van der Waals surface area (Å²) in [6.07, 6.45) is 0. The molecule has 0 bridgehead atoms. The molecule has 0 radical (unpaired) electrons. The summed E-state index contributed by atoms with van der Waals surface area (Å²) in [6.45, 7) is 3.22. The van der Waals surface area contributed by atoms with Crippen molar-refractivity contribution in [2.24, 2.45) is 5.73 Å². The number of nitrogens with one attached hydrogen (secondary N) is 1. The van der Waals surface area contributed by atoms with Crippen molar-refractivity contribution in [1.82, 2.24) is 5.32 Å². The Morgan fingerprint density at radius 1 is 1.43 bits per heavy atom. The summed E-state index contributed by atoms with van der Waals surface area (Å²) in [5.41, 5.74) is 6.48. The largest absolute Gasteiger partial charge is 0.492 e. The molecule has 0 atom stereocenters. The molecule has 14 heavy (non-hydrogen) atoms. The van der Waals surface area contributed by atoms with E-state index in [0.29, 0.717) is 18.3 Å². The van der Waals surface area contributed by atoms with Crippen LogP contribution in [0.15, 0.2) is 24.3 Å². The Morgan fingerprint density at radius 2 is 2.07 bits per heavy atom. The zero-order valence-electron chi connectivity index (χ0n) is 8.12. The third-order valence-corrected chi connectivity index (χ3v) is 1.84. The van der Waals surface area contributed by atoms with Gasteiger partial charge in [-0.05, 0) is 31.3 Å². The molecule has 76 valence electrons. The van der Waals surface area contributed by atoms with Crippen LogP contribution in [0, 0.1) is 6.92 Å². The quantitative estimate of drug-likeness (QED) is 0.579. The molecule has 0 amide bonds. The Labute approximate surface area is 89.3 Å². The summed E-state index contributed by atoms with van der Waals surface area (Å²) in [5.74, 6) is 0.861. The van der Waals surface area contributed by atoms with Crippen LogP contribution in [0.5, 0.6) is 5.75 Å². The Morgan fingerprint density at radius 3 is 2.64 bits per heavy atom. The molecule has 0 aromatic heterocycles. The fraction of sp³-hybridized carbons (Fsp3) is 0.300. The summed E-state index contributed by atoms with van der Waals surface area (Å²) >= 11 is 4.65. The second-order valence-corrected chi connectivity index (χ2v) is 3.39. The topological polar surface area (TPSA) is 47.3 Å². The van der Waals surface area contributed by atoms with Crippen molar-refractivity contribution in [3.8, 4) is 5.75 Å². The fourth-order valence-electron chi connectivity index (χ4n) is 0.978. The maximum absolute atomic E-state index is 5.43. The molecule has 4 heteroatoms. The number of aryl methyl sites for hydroxylation is 1. The van der Waals surface area contributed by atoms with Crippen LogP contribution in [0.4, 0.5) is 0 Å². The van der Waals surface area contributed by atoms with Crippen LogP contribution in [-0.2, 0) is 0 Å². The molecule has 0 saturated heterocycles. The monoisotopic (exact) mass is 210 g/mol. The molecule has 3 nitrogen and oxygen atoms in total. The van der Waals surface area contributed by atoms with E-state index in [2.05, 4.69) is 17.5 Å². The zero-order valence-corrected chi connectivity index (χ0v) is 8.93. The van der Waals surface area contributed by atoms with Crippen LogP contribution in [0.25, 0.3) is 0 Å². The highest BCUT2D eigenvalue weighted by Gasteiger charge is 1.92. The van der Waals surface area contributed by atoms with Crippen molar-refractivity contribution in [3.05, 3.63) is 29.8 Å². The van der Waals surface area contributed by atoms with E-state index in [0.717, 1.165) is 5.75 Å². The van der Waals surface area contributed by atoms with Crippen molar-refractivity contribution in [2.45, 2.75) is 6.92 Å². The van der Waals surface area contributed by atoms with Crippen molar-refractivity contribution in [1.29, 1.82) is 0 Å². The van der Waals surface area contributed by atoms with Gasteiger partial charge in [-0.2, -0.15) is 0 Å². The van der Waals surface area contributed by atoms with Gasteiger partial charge in [0.2, 0.25) is 0 Å². The molecule has 0 aliphatic rings. The van der Waals surface area contributed by atoms with Gasteiger partial charge < -0.3 is 15.8 Å². The Hall–Kier alpha value is -1.29. The highest BCUT2D eigenvalue weighted by atomic mass is 32.1. The van der Waals surface area contributed by atoms with Crippen molar-refractivity contribution >= 4 is 17.3 Å². The predicted octanol–water partition coefficient (Wildman–Crippen LogP) is 1.21. The van der Waals surface area contributed by atoms with Gasteiger partial charge in [-0.15, -0.1) is 0 Å². The van der Waals surface area contributed by atoms with Crippen LogP contribution in [-0.4, -0.2) is 18.3 Å². The van der Waals surface area contributed by atoms with Gasteiger partial charge in [0.15, 0.2) is 5.11 Å². The summed E-state index contributed by atoms with van der Waals surface area (Å²) in [4.78, 5) is 0. The first-order chi connectivity index (χ1) is 6.68. The molecule has 0 aliphatic carbocycles. The zero-order chi connectivity index (χ0) is 10.4. The van der Waals surface area contributed by atoms with E-state index in [1.54, 1.807) is 0 Å². The van der Waals surface area contributed by atoms with Crippen LogP contribution in [0.1, 0.15) is 5.56 Å². The highest BCUT2D eigenvalue weighted by Crippen LogP contribution is 2.10. The first-order valence-corrected chi connectivity index (χ1v) is 4.82. The number of ether oxygens (including phenoxy) is 1. The molecular weight excluding hydrogens is 196 g/mol. The maximum atomic E-state index is 5.43. The lowest BCUT2D eigenvalue weighted by atomic mass is 10.2. The van der Waals surface area contributed by atoms with Gasteiger partial charge in [-0.1, -0.05) is 17.7 Å². The van der Waals surface area contributed by atoms with Crippen LogP contribution in [0.2, 0.25) is 0 Å². The average Bonchev–Trinajstić information content (AvgIpc) is 2.15. The molecule has 1 aromatic rings. The molecule has 0 saturated carbocycles. The second-order valence-electron chi connectivity index (χ2n) is 2.95. The Bertz CT molecular complexity index is 297. The number of thiocarbonyl (C=S) groups is 1. The number of rotatable bonds is 4. The van der Waals surface area contributed by atoms with Gasteiger partial charge in [0, 0.05) is 0 Å². The number of nitrogens with two attached hydrogens (primary N) is 1. The van der Waals surface area contributed by atoms with Gasteiger partial charge in [-0.25, -0.2) is 0 Å². The molecule has 0 fully saturated rings. The van der Waals surface area contributed by atoms with Gasteiger partial charge in [-0.3, -0.25) is 0 Å². The minimum absolute atomic E-state index is 0.303. The van der Waals surface area contributed by atoms with Crippen molar-refractivity contribution in [2.75, 3.05) is 13.2 Å². The molecule has 1 aromatic carbocycles. The van der Waals surface area contributed by atoms with E-state index < -0.39 is 0 Å². The first-order valence-electron chi connectivity index (χ1n) is 4.41. The number of hydrogen-bond donors (Lipinski definition) is 2. The summed E-state index contributed by atoms with van der Waals surface area (Å²) in [6, 6.07) is 7.90. The van der Waals surface area contributed by atoms with Crippen LogP contribution < -0.4 is 15.8 Å². The smallest absolute Gasteiger partial charge is 0.163 e. The standard InChI is InChI=1S/C10H14N2OS/c1-8-2-4-9(5-3-8)13-7-6-12-10(11)14/h2-5H,6-7H2,1H3,(H3,11,12,14). The normalized spacial score (nSPS) is 9.50. The van der Waals surface area contributed by atoms with E-state index in [-0.39, 0.29) is 0 Å². The van der Waals surface area contributed by atoms with Crippen molar-refractivity contribution in [3.63, 3.8) is 0 Å². The number of benzene rings is 1. The minimum atomic E-state index is 0.303. The molecule has 0 unspecified atom stereocenters. The Kier molecular flexibility index (Phi) is 4.19. The van der Waals surface area contributed by atoms with Gasteiger partial charge >= 0.3 is 0 Å². The van der Waals surface area contributed by atoms with Crippen LogP contribution in [0.3, 0.4) is 0 Å². The molecule has 0 heterocycles. The lowest BCUT2D eigenvalue weighted by Gasteiger charge is -2.07. The lowest BCUT2D eigenvalue weighted by molar-refractivity contribution is 0.322. The van der Waals surface area contributed by atoms with Gasteiger partial charge in [0.05, 0.1) is 6.54 Å². The average molecular weight is 210 g/mol.